The van der Waals surface area contributed by atoms with Gasteiger partial charge in [0.2, 0.25) is 0 Å². The number of aromatic nitrogens is 3. The highest BCUT2D eigenvalue weighted by atomic mass is 35.5. The molecule has 0 aliphatic heterocycles. The van der Waals surface area contributed by atoms with Crippen LogP contribution in [0.5, 0.6) is 5.75 Å². The Hall–Kier alpha value is -2.53. The van der Waals surface area contributed by atoms with Gasteiger partial charge in [-0.2, -0.15) is 0 Å². The third-order valence-corrected chi connectivity index (χ3v) is 3.34. The first-order valence-electron chi connectivity index (χ1n) is 6.84. The predicted molar refractivity (Wildman–Crippen MR) is 85.3 cm³/mol. The molecule has 3 rings (SSSR count). The van der Waals surface area contributed by atoms with Crippen LogP contribution in [0.4, 0.5) is 0 Å². The predicted octanol–water partition coefficient (Wildman–Crippen LogP) is 3.25. The first-order valence-corrected chi connectivity index (χ1v) is 7.22. The van der Waals surface area contributed by atoms with Crippen molar-refractivity contribution in [2.45, 2.75) is 13.2 Å². The summed E-state index contributed by atoms with van der Waals surface area (Å²) < 4.78 is 7.46. The largest absolute Gasteiger partial charge is 0.489 e. The summed E-state index contributed by atoms with van der Waals surface area (Å²) in [7, 11) is 0. The SMILES string of the molecule is Clc1cccc(COc2ccc(CNn3cnnc3)cc2)c1. The van der Waals surface area contributed by atoms with Gasteiger partial charge < -0.3 is 10.2 Å². The van der Waals surface area contributed by atoms with Crippen molar-refractivity contribution in [2.75, 3.05) is 5.43 Å². The van der Waals surface area contributed by atoms with E-state index in [2.05, 4.69) is 15.6 Å². The van der Waals surface area contributed by atoms with Crippen LogP contribution < -0.4 is 10.2 Å². The minimum atomic E-state index is 0.499. The Labute approximate surface area is 133 Å². The van der Waals surface area contributed by atoms with E-state index in [0.717, 1.165) is 21.9 Å². The summed E-state index contributed by atoms with van der Waals surface area (Å²) in [5, 5.41) is 8.18. The second-order valence-corrected chi connectivity index (χ2v) is 5.20. The molecule has 0 amide bonds. The second-order valence-electron chi connectivity index (χ2n) is 4.77. The van der Waals surface area contributed by atoms with E-state index in [-0.39, 0.29) is 0 Å². The summed E-state index contributed by atoms with van der Waals surface area (Å²) >= 11 is 5.95. The minimum Gasteiger partial charge on any atom is -0.489 e. The minimum absolute atomic E-state index is 0.499. The average Bonchev–Trinajstić information content (AvgIpc) is 3.05. The molecule has 22 heavy (non-hydrogen) atoms. The fraction of sp³-hybridized carbons (Fsp3) is 0.125. The van der Waals surface area contributed by atoms with Crippen molar-refractivity contribution in [3.8, 4) is 5.75 Å². The van der Waals surface area contributed by atoms with Gasteiger partial charge >= 0.3 is 0 Å². The fourth-order valence-corrected chi connectivity index (χ4v) is 2.17. The molecule has 2 aromatic carbocycles. The van der Waals surface area contributed by atoms with Gasteiger partial charge in [-0.15, -0.1) is 10.2 Å². The fourth-order valence-electron chi connectivity index (χ4n) is 1.96. The zero-order valence-electron chi connectivity index (χ0n) is 11.8. The summed E-state index contributed by atoms with van der Waals surface area (Å²) in [6.45, 7) is 1.19. The lowest BCUT2D eigenvalue weighted by Gasteiger charge is -2.09. The average molecular weight is 315 g/mol. The number of rotatable bonds is 6. The van der Waals surface area contributed by atoms with E-state index in [4.69, 9.17) is 16.3 Å². The van der Waals surface area contributed by atoms with Gasteiger partial charge in [-0.1, -0.05) is 35.9 Å². The Morgan fingerprint density at radius 3 is 2.50 bits per heavy atom. The summed E-state index contributed by atoms with van der Waals surface area (Å²) in [4.78, 5) is 0. The molecule has 0 saturated heterocycles. The van der Waals surface area contributed by atoms with Crippen molar-refractivity contribution in [3.05, 3.63) is 77.3 Å². The number of benzene rings is 2. The molecular weight excluding hydrogens is 300 g/mol. The summed E-state index contributed by atoms with van der Waals surface area (Å²) in [5.41, 5.74) is 5.35. The second kappa shape index (κ2) is 6.95. The first kappa shape index (κ1) is 14.4. The Morgan fingerprint density at radius 1 is 1.00 bits per heavy atom. The zero-order chi connectivity index (χ0) is 15.2. The van der Waals surface area contributed by atoms with Crippen LogP contribution in [-0.2, 0) is 13.2 Å². The van der Waals surface area contributed by atoms with Gasteiger partial charge in [-0.05, 0) is 35.4 Å². The number of nitrogens with one attached hydrogen (secondary N) is 1. The molecule has 0 atom stereocenters. The van der Waals surface area contributed by atoms with Gasteiger partial charge in [-0.3, -0.25) is 0 Å². The summed E-state index contributed by atoms with van der Waals surface area (Å²) in [6.07, 6.45) is 3.23. The van der Waals surface area contributed by atoms with Crippen molar-refractivity contribution < 1.29 is 4.74 Å². The number of ether oxygens (including phenoxy) is 1. The molecule has 0 aliphatic rings. The zero-order valence-corrected chi connectivity index (χ0v) is 12.6. The van der Waals surface area contributed by atoms with Crippen LogP contribution in [0.2, 0.25) is 5.02 Å². The number of hydrogen-bond donors (Lipinski definition) is 1. The van der Waals surface area contributed by atoms with Gasteiger partial charge in [-0.25, -0.2) is 4.68 Å². The third-order valence-electron chi connectivity index (χ3n) is 3.10. The molecule has 1 aromatic heterocycles. The van der Waals surface area contributed by atoms with E-state index in [9.17, 15) is 0 Å². The van der Waals surface area contributed by atoms with Gasteiger partial charge in [0, 0.05) is 5.02 Å². The molecule has 112 valence electrons. The summed E-state index contributed by atoms with van der Waals surface area (Å²) in [6, 6.07) is 15.6. The van der Waals surface area contributed by atoms with Crippen molar-refractivity contribution in [1.82, 2.24) is 14.9 Å². The molecule has 5 nitrogen and oxygen atoms in total. The lowest BCUT2D eigenvalue weighted by molar-refractivity contribution is 0.306. The van der Waals surface area contributed by atoms with Crippen molar-refractivity contribution in [2.24, 2.45) is 0 Å². The van der Waals surface area contributed by atoms with Crippen LogP contribution >= 0.6 is 11.6 Å². The van der Waals surface area contributed by atoms with Gasteiger partial charge in [0.25, 0.3) is 0 Å². The maximum absolute atomic E-state index is 5.95. The number of halogens is 1. The number of nitrogens with zero attached hydrogens (tertiary/aromatic N) is 3. The Bertz CT molecular complexity index is 713. The van der Waals surface area contributed by atoms with E-state index >= 15 is 0 Å². The Kier molecular flexibility index (Phi) is 4.56. The molecule has 3 aromatic rings. The van der Waals surface area contributed by atoms with Crippen LogP contribution in [0, 0.1) is 0 Å². The van der Waals surface area contributed by atoms with Crippen molar-refractivity contribution >= 4 is 11.6 Å². The molecule has 0 spiro atoms. The third kappa shape index (κ3) is 3.99. The monoisotopic (exact) mass is 314 g/mol. The summed E-state index contributed by atoms with van der Waals surface area (Å²) in [5.74, 6) is 0.827. The van der Waals surface area contributed by atoms with E-state index in [1.165, 1.54) is 0 Å². The van der Waals surface area contributed by atoms with Crippen LogP contribution in [0.1, 0.15) is 11.1 Å². The normalized spacial score (nSPS) is 10.4. The molecule has 6 heteroatoms. The van der Waals surface area contributed by atoms with Crippen LogP contribution in [0.15, 0.2) is 61.2 Å². The molecule has 1 heterocycles. The maximum atomic E-state index is 5.95. The topological polar surface area (TPSA) is 52.0 Å². The van der Waals surface area contributed by atoms with Crippen LogP contribution in [-0.4, -0.2) is 14.9 Å². The first-order chi connectivity index (χ1) is 10.8. The lowest BCUT2D eigenvalue weighted by Crippen LogP contribution is -2.11. The molecule has 0 saturated carbocycles. The van der Waals surface area contributed by atoms with Crippen molar-refractivity contribution in [3.63, 3.8) is 0 Å². The highest BCUT2D eigenvalue weighted by Crippen LogP contribution is 2.16. The van der Waals surface area contributed by atoms with E-state index in [1.54, 1.807) is 17.3 Å². The van der Waals surface area contributed by atoms with Crippen LogP contribution in [0.3, 0.4) is 0 Å². The maximum Gasteiger partial charge on any atom is 0.138 e. The molecular formula is C16H15ClN4O. The van der Waals surface area contributed by atoms with Crippen molar-refractivity contribution in [1.29, 1.82) is 0 Å². The molecule has 1 N–H and O–H groups in total. The highest BCUT2D eigenvalue weighted by molar-refractivity contribution is 6.30. The lowest BCUT2D eigenvalue weighted by atomic mass is 10.2. The highest BCUT2D eigenvalue weighted by Gasteiger charge is 1.99. The van der Waals surface area contributed by atoms with Gasteiger partial charge in [0.1, 0.15) is 25.0 Å². The van der Waals surface area contributed by atoms with E-state index < -0.39 is 0 Å². The molecule has 0 bridgehead atoms. The smallest absolute Gasteiger partial charge is 0.138 e. The number of hydrogen-bond acceptors (Lipinski definition) is 4. The van der Waals surface area contributed by atoms with E-state index in [0.29, 0.717) is 13.2 Å². The van der Waals surface area contributed by atoms with E-state index in [1.807, 2.05) is 48.5 Å². The van der Waals surface area contributed by atoms with Gasteiger partial charge in [0.15, 0.2) is 0 Å². The Morgan fingerprint density at radius 2 is 1.77 bits per heavy atom. The standard InChI is InChI=1S/C16H15ClN4O/c17-15-3-1-2-14(8-15)10-22-16-6-4-13(5-7-16)9-20-21-11-18-19-12-21/h1-8,11-12,20H,9-10H2. The molecule has 0 aliphatic carbocycles. The quantitative estimate of drug-likeness (QED) is 0.759. The Balaban J connectivity index is 1.53. The van der Waals surface area contributed by atoms with Crippen LogP contribution in [0.25, 0.3) is 0 Å². The molecule has 0 unspecified atom stereocenters. The molecule has 0 radical (unpaired) electrons. The molecule has 0 fully saturated rings. The van der Waals surface area contributed by atoms with Gasteiger partial charge in [0.05, 0.1) is 6.54 Å².